The zero-order chi connectivity index (χ0) is 7.98. The Labute approximate surface area is 60.5 Å². The van der Waals surface area contributed by atoms with Gasteiger partial charge < -0.3 is 0 Å². The topological polar surface area (TPSA) is 50.2 Å². The van der Waals surface area contributed by atoms with Crippen molar-refractivity contribution in [3.63, 3.8) is 0 Å². The molecule has 4 heteroatoms. The summed E-state index contributed by atoms with van der Waals surface area (Å²) in [5, 5.41) is 6.44. The summed E-state index contributed by atoms with van der Waals surface area (Å²) in [5.41, 5.74) is 0. The summed E-state index contributed by atoms with van der Waals surface area (Å²) in [6.07, 6.45) is 5.30. The van der Waals surface area contributed by atoms with Gasteiger partial charge in [-0.25, -0.2) is 0 Å². The average Bonchev–Trinajstić information content (AvgIpc) is 1.89. The Kier molecular flexibility index (Phi) is 4.22. The van der Waals surface area contributed by atoms with E-state index in [0.717, 1.165) is 0 Å². The van der Waals surface area contributed by atoms with Crippen LogP contribution < -0.4 is 0 Å². The van der Waals surface area contributed by atoms with Crippen LogP contribution in [0.5, 0.6) is 0 Å². The van der Waals surface area contributed by atoms with E-state index in [1.165, 1.54) is 0 Å². The molecule has 0 aliphatic carbocycles. The molecule has 0 aliphatic rings. The van der Waals surface area contributed by atoms with Gasteiger partial charge in [-0.1, -0.05) is 0 Å². The molecule has 0 fully saturated rings. The molecule has 0 aliphatic heterocycles. The van der Waals surface area contributed by atoms with Crippen molar-refractivity contribution in [3.8, 4) is 12.3 Å². The van der Waals surface area contributed by atoms with Gasteiger partial charge >= 0.3 is 59.6 Å². The molecule has 0 heterocycles. The van der Waals surface area contributed by atoms with Crippen molar-refractivity contribution in [1.82, 2.24) is 0 Å². The van der Waals surface area contributed by atoms with Gasteiger partial charge in [0.25, 0.3) is 0 Å². The number of carbonyl (C=O) groups is 1. The number of hydrogen-bond donors (Lipinski definition) is 1. The zero-order valence-electron chi connectivity index (χ0n) is 5.76. The van der Waals surface area contributed by atoms with Crippen LogP contribution in [-0.4, -0.2) is 13.2 Å². The van der Waals surface area contributed by atoms with Gasteiger partial charge in [-0.2, -0.15) is 0 Å². The molecule has 10 heavy (non-hydrogen) atoms. The van der Waals surface area contributed by atoms with Crippen LogP contribution in [0.4, 0.5) is 0 Å². The van der Waals surface area contributed by atoms with E-state index < -0.39 is 5.97 Å². The van der Waals surface area contributed by atoms with Crippen molar-refractivity contribution in [1.29, 1.82) is 5.31 Å². The fraction of sp³-hybridized carbons (Fsp3) is 0.500. The van der Waals surface area contributed by atoms with Gasteiger partial charge in [0.1, 0.15) is 0 Å². The summed E-state index contributed by atoms with van der Waals surface area (Å²) in [7, 11) is 0.606. The van der Waals surface area contributed by atoms with Crippen LogP contribution in [0.3, 0.4) is 0 Å². The minimum atomic E-state index is -0.451. The van der Waals surface area contributed by atoms with Crippen LogP contribution in [0.15, 0.2) is 0 Å². The number of rotatable bonds is 3. The van der Waals surface area contributed by atoms with Crippen LogP contribution in [0, 0.1) is 23.6 Å². The fourth-order valence-corrected chi connectivity index (χ4v) is 0.434. The second-order valence-corrected chi connectivity index (χ2v) is 1.86. The van der Waals surface area contributed by atoms with E-state index in [2.05, 4.69) is 10.6 Å². The van der Waals surface area contributed by atoms with E-state index in [1.807, 2.05) is 0 Å². The Morgan fingerprint density at radius 3 is 3.00 bits per heavy atom. The summed E-state index contributed by atoms with van der Waals surface area (Å²) < 4.78 is 4.26. The third-order valence-corrected chi connectivity index (χ3v) is 1.00. The van der Waals surface area contributed by atoms with Crippen molar-refractivity contribution in [3.05, 3.63) is 0 Å². The molecule has 0 unspecified atom stereocenters. The summed E-state index contributed by atoms with van der Waals surface area (Å²) in [5.74, 6) is 1.57. The van der Waals surface area contributed by atoms with Crippen LogP contribution in [-0.2, 0) is 9.45 Å². The fourth-order valence-electron chi connectivity index (χ4n) is 0.434. The first-order valence-electron chi connectivity index (χ1n) is 2.85. The molecule has 1 atom stereocenters. The van der Waals surface area contributed by atoms with Gasteiger partial charge in [0.2, 0.25) is 0 Å². The summed E-state index contributed by atoms with van der Waals surface area (Å²) in [4.78, 5) is 10.7. The molecule has 0 spiro atoms. The number of nitrogens with one attached hydrogen (secondary N) is 1. The van der Waals surface area contributed by atoms with Crippen molar-refractivity contribution < 1.29 is 9.45 Å². The van der Waals surface area contributed by atoms with Crippen LogP contribution in [0.25, 0.3) is 0 Å². The van der Waals surface area contributed by atoms with Gasteiger partial charge in [-0.05, 0) is 0 Å². The molecule has 0 aromatic heterocycles. The van der Waals surface area contributed by atoms with E-state index in [4.69, 9.17) is 11.7 Å². The number of carbonyl (C=O) groups excluding carboxylic acids is 1. The Hall–Kier alpha value is -1.11. The quantitative estimate of drug-likeness (QED) is 0.456. The third-order valence-electron chi connectivity index (χ3n) is 1.00. The van der Waals surface area contributed by atoms with Crippen molar-refractivity contribution in [2.24, 2.45) is 5.92 Å². The molecule has 0 amide bonds. The van der Waals surface area contributed by atoms with Gasteiger partial charge in [-0.3, -0.25) is 0 Å². The van der Waals surface area contributed by atoms with Crippen LogP contribution in [0.1, 0.15) is 13.3 Å². The first-order chi connectivity index (χ1) is 4.72. The summed E-state index contributed by atoms with van der Waals surface area (Å²) in [6.45, 7) is 1.66. The Morgan fingerprint density at radius 1 is 2.00 bits per heavy atom. The molecule has 0 bridgehead atoms. The molecule has 0 rings (SSSR count). The minimum absolute atomic E-state index is 0.313. The van der Waals surface area contributed by atoms with Gasteiger partial charge in [0.15, 0.2) is 0 Å². The Bertz CT molecular complexity index is 173. The molecule has 0 saturated heterocycles. The van der Waals surface area contributed by atoms with E-state index in [1.54, 1.807) is 6.92 Å². The first-order valence-corrected chi connectivity index (χ1v) is 2.85. The molecule has 0 radical (unpaired) electrons. The molecule has 52 valence electrons. The molecule has 0 aromatic rings. The monoisotopic (exact) mass is 137 g/mol. The van der Waals surface area contributed by atoms with Gasteiger partial charge in [0, 0.05) is 0 Å². The van der Waals surface area contributed by atoms with E-state index in [0.29, 0.717) is 13.7 Å². The van der Waals surface area contributed by atoms with Gasteiger partial charge in [0.05, 0.1) is 0 Å². The second kappa shape index (κ2) is 4.74. The van der Waals surface area contributed by atoms with E-state index >= 15 is 0 Å². The molecule has 3 nitrogen and oxygen atoms in total. The molecular formula is C6H8BNO2. The number of terminal acetylenes is 1. The van der Waals surface area contributed by atoms with E-state index in [9.17, 15) is 4.79 Å². The number of hydrogen-bond acceptors (Lipinski definition) is 3. The maximum absolute atomic E-state index is 10.7. The summed E-state index contributed by atoms with van der Waals surface area (Å²) in [6, 6.07) is 0. The molecular weight excluding hydrogens is 129 g/mol. The second-order valence-electron chi connectivity index (χ2n) is 1.86. The average molecular weight is 137 g/mol. The standard InChI is InChI=1S/C6H8BNO2/c1-3-4-5(2)6(9)10-7-8/h1,5,8H,4H2,2H3/t5-/m0/s1. The predicted molar refractivity (Wildman–Crippen MR) is 37.2 cm³/mol. The van der Waals surface area contributed by atoms with Crippen LogP contribution >= 0.6 is 0 Å². The van der Waals surface area contributed by atoms with Crippen molar-refractivity contribution >= 4 is 13.2 Å². The normalized spacial score (nSPS) is 10.8. The van der Waals surface area contributed by atoms with E-state index in [-0.39, 0.29) is 5.92 Å². The Morgan fingerprint density at radius 2 is 2.60 bits per heavy atom. The SMILES string of the molecule is C#CC[C@H](C)C(=O)OB=N. The molecule has 0 saturated carbocycles. The first kappa shape index (κ1) is 8.89. The Balaban J connectivity index is 3.72. The van der Waals surface area contributed by atoms with Crippen molar-refractivity contribution in [2.75, 3.05) is 0 Å². The predicted octanol–water partition coefficient (Wildman–Crippen LogP) is 0.571. The van der Waals surface area contributed by atoms with Crippen LogP contribution in [0.2, 0.25) is 0 Å². The zero-order valence-corrected chi connectivity index (χ0v) is 5.76. The maximum atomic E-state index is 10.7. The third kappa shape index (κ3) is 3.03. The van der Waals surface area contributed by atoms with Crippen molar-refractivity contribution in [2.45, 2.75) is 13.3 Å². The summed E-state index contributed by atoms with van der Waals surface area (Å²) >= 11 is 0. The molecule has 1 N–H and O–H groups in total. The van der Waals surface area contributed by atoms with Gasteiger partial charge in [-0.15, -0.1) is 0 Å². The molecule has 0 aromatic carbocycles.